The molecule has 0 aromatic heterocycles. The average Bonchev–Trinajstić information content (AvgIpc) is 2.37. The van der Waals surface area contributed by atoms with Crippen LogP contribution in [0.5, 0.6) is 0 Å². The summed E-state index contributed by atoms with van der Waals surface area (Å²) in [5.41, 5.74) is 5.52. The van der Waals surface area contributed by atoms with E-state index in [9.17, 15) is 0 Å². The summed E-state index contributed by atoms with van der Waals surface area (Å²) in [4.78, 5) is 0. The van der Waals surface area contributed by atoms with E-state index in [1.165, 1.54) is 12.8 Å². The highest BCUT2D eigenvalue weighted by Crippen LogP contribution is 2.26. The van der Waals surface area contributed by atoms with Crippen molar-refractivity contribution in [2.24, 2.45) is 11.7 Å². The lowest BCUT2D eigenvalue weighted by molar-refractivity contribution is 0.497. The van der Waals surface area contributed by atoms with Gasteiger partial charge >= 0.3 is 0 Å². The van der Waals surface area contributed by atoms with E-state index < -0.39 is 0 Å². The predicted molar refractivity (Wildman–Crippen MR) is 35.5 cm³/mol. The van der Waals surface area contributed by atoms with E-state index >= 15 is 0 Å². The number of nitriles is 1. The van der Waals surface area contributed by atoms with Gasteiger partial charge in [-0.25, -0.2) is 0 Å². The third-order valence-corrected chi connectivity index (χ3v) is 2.06. The Morgan fingerprint density at radius 1 is 1.44 bits per heavy atom. The standard InChI is InChI=1S/C7H12N2/c8-5-7(9)6-3-1-2-4-6/h6-7H,1-4,9H2/t7-/m0/s1. The quantitative estimate of drug-likeness (QED) is 0.567. The first kappa shape index (κ1) is 6.57. The Hall–Kier alpha value is -0.550. The minimum absolute atomic E-state index is 0.201. The van der Waals surface area contributed by atoms with Gasteiger partial charge in [-0.2, -0.15) is 5.26 Å². The lowest BCUT2D eigenvalue weighted by Crippen LogP contribution is -2.25. The van der Waals surface area contributed by atoms with Crippen LogP contribution < -0.4 is 5.73 Å². The van der Waals surface area contributed by atoms with E-state index in [1.54, 1.807) is 0 Å². The highest BCUT2D eigenvalue weighted by atomic mass is 14.7. The van der Waals surface area contributed by atoms with Crippen LogP contribution in [0, 0.1) is 17.2 Å². The molecule has 2 nitrogen and oxygen atoms in total. The molecular weight excluding hydrogens is 112 g/mol. The van der Waals surface area contributed by atoms with Gasteiger partial charge in [0, 0.05) is 0 Å². The maximum absolute atomic E-state index is 8.42. The molecule has 0 aliphatic heterocycles. The van der Waals surface area contributed by atoms with E-state index in [4.69, 9.17) is 11.0 Å². The maximum Gasteiger partial charge on any atom is 0.0956 e. The molecule has 1 aliphatic rings. The van der Waals surface area contributed by atoms with Gasteiger partial charge in [-0.15, -0.1) is 0 Å². The van der Waals surface area contributed by atoms with E-state index in [0.29, 0.717) is 5.92 Å². The van der Waals surface area contributed by atoms with Crippen molar-refractivity contribution < 1.29 is 0 Å². The van der Waals surface area contributed by atoms with Crippen LogP contribution in [-0.4, -0.2) is 6.04 Å². The van der Waals surface area contributed by atoms with Gasteiger partial charge in [-0.1, -0.05) is 12.8 Å². The zero-order valence-corrected chi connectivity index (χ0v) is 5.51. The van der Waals surface area contributed by atoms with Gasteiger partial charge in [0.1, 0.15) is 0 Å². The predicted octanol–water partition coefficient (Wildman–Crippen LogP) is 1.03. The molecule has 0 heterocycles. The summed E-state index contributed by atoms with van der Waals surface area (Å²) in [5.74, 6) is 0.495. The third kappa shape index (κ3) is 1.43. The van der Waals surface area contributed by atoms with Crippen molar-refractivity contribution in [1.82, 2.24) is 0 Å². The molecule has 1 aliphatic carbocycles. The molecule has 0 amide bonds. The fourth-order valence-corrected chi connectivity index (χ4v) is 1.42. The minimum atomic E-state index is -0.201. The van der Waals surface area contributed by atoms with Crippen molar-refractivity contribution in [2.75, 3.05) is 0 Å². The fourth-order valence-electron chi connectivity index (χ4n) is 1.42. The van der Waals surface area contributed by atoms with Crippen LogP contribution in [0.25, 0.3) is 0 Å². The summed E-state index contributed by atoms with van der Waals surface area (Å²) < 4.78 is 0. The SMILES string of the molecule is N#C[C@H](N)C1CCCC1. The van der Waals surface area contributed by atoms with Crippen LogP contribution in [-0.2, 0) is 0 Å². The van der Waals surface area contributed by atoms with Crippen LogP contribution in [0.15, 0.2) is 0 Å². The summed E-state index contributed by atoms with van der Waals surface area (Å²) in [5, 5.41) is 8.42. The molecule has 0 spiro atoms. The van der Waals surface area contributed by atoms with Gasteiger partial charge in [0.15, 0.2) is 0 Å². The van der Waals surface area contributed by atoms with E-state index in [2.05, 4.69) is 6.07 Å². The monoisotopic (exact) mass is 124 g/mol. The zero-order chi connectivity index (χ0) is 6.69. The minimum Gasteiger partial charge on any atom is -0.316 e. The smallest absolute Gasteiger partial charge is 0.0956 e. The Bertz CT molecular complexity index is 119. The molecule has 50 valence electrons. The van der Waals surface area contributed by atoms with Gasteiger partial charge in [0.2, 0.25) is 0 Å². The summed E-state index contributed by atoms with van der Waals surface area (Å²) >= 11 is 0. The molecule has 1 atom stereocenters. The Balaban J connectivity index is 2.34. The molecule has 0 unspecified atom stereocenters. The van der Waals surface area contributed by atoms with Gasteiger partial charge < -0.3 is 5.73 Å². The lowest BCUT2D eigenvalue weighted by Gasteiger charge is -2.08. The molecule has 2 N–H and O–H groups in total. The van der Waals surface area contributed by atoms with Crippen molar-refractivity contribution in [3.05, 3.63) is 0 Å². The molecule has 0 aromatic rings. The van der Waals surface area contributed by atoms with Crippen molar-refractivity contribution >= 4 is 0 Å². The first-order chi connectivity index (χ1) is 4.34. The zero-order valence-electron chi connectivity index (χ0n) is 5.51. The number of nitrogens with zero attached hydrogens (tertiary/aromatic N) is 1. The molecule has 2 heteroatoms. The largest absolute Gasteiger partial charge is 0.316 e. The maximum atomic E-state index is 8.42. The van der Waals surface area contributed by atoms with Crippen LogP contribution in [0.2, 0.25) is 0 Å². The molecule has 0 bridgehead atoms. The Morgan fingerprint density at radius 2 is 2.00 bits per heavy atom. The van der Waals surface area contributed by atoms with Crippen LogP contribution >= 0.6 is 0 Å². The van der Waals surface area contributed by atoms with E-state index in [0.717, 1.165) is 12.8 Å². The van der Waals surface area contributed by atoms with E-state index in [1.807, 2.05) is 0 Å². The van der Waals surface area contributed by atoms with E-state index in [-0.39, 0.29) is 6.04 Å². The Kier molecular flexibility index (Phi) is 2.07. The molecule has 1 saturated carbocycles. The van der Waals surface area contributed by atoms with Crippen LogP contribution in [0.3, 0.4) is 0 Å². The number of hydrogen-bond donors (Lipinski definition) is 1. The molecule has 9 heavy (non-hydrogen) atoms. The lowest BCUT2D eigenvalue weighted by atomic mass is 10.0. The average molecular weight is 124 g/mol. The van der Waals surface area contributed by atoms with Crippen molar-refractivity contribution in [2.45, 2.75) is 31.7 Å². The van der Waals surface area contributed by atoms with Gasteiger partial charge in [0.05, 0.1) is 12.1 Å². The molecular formula is C7H12N2. The molecule has 0 radical (unpaired) electrons. The van der Waals surface area contributed by atoms with Gasteiger partial charge in [0.25, 0.3) is 0 Å². The Morgan fingerprint density at radius 3 is 2.44 bits per heavy atom. The summed E-state index contributed by atoms with van der Waals surface area (Å²) in [6.45, 7) is 0. The number of nitrogens with two attached hydrogens (primary N) is 1. The summed E-state index contributed by atoms with van der Waals surface area (Å²) in [6, 6.07) is 1.88. The normalized spacial score (nSPS) is 23.6. The second kappa shape index (κ2) is 2.84. The van der Waals surface area contributed by atoms with Gasteiger partial charge in [-0.05, 0) is 18.8 Å². The molecule has 0 saturated heterocycles. The summed E-state index contributed by atoms with van der Waals surface area (Å²) in [6.07, 6.45) is 4.85. The number of rotatable bonds is 1. The van der Waals surface area contributed by atoms with Crippen LogP contribution in [0.1, 0.15) is 25.7 Å². The number of hydrogen-bond acceptors (Lipinski definition) is 2. The molecule has 1 fully saturated rings. The third-order valence-electron chi connectivity index (χ3n) is 2.06. The first-order valence-corrected chi connectivity index (χ1v) is 3.50. The Labute approximate surface area is 55.7 Å². The second-order valence-electron chi connectivity index (χ2n) is 2.70. The highest BCUT2D eigenvalue weighted by molar-refractivity contribution is 4.93. The molecule has 0 aromatic carbocycles. The topological polar surface area (TPSA) is 49.8 Å². The fraction of sp³-hybridized carbons (Fsp3) is 0.857. The van der Waals surface area contributed by atoms with Crippen LogP contribution in [0.4, 0.5) is 0 Å². The first-order valence-electron chi connectivity index (χ1n) is 3.50. The van der Waals surface area contributed by atoms with Crippen molar-refractivity contribution in [1.29, 1.82) is 5.26 Å². The van der Waals surface area contributed by atoms with Crippen molar-refractivity contribution in [3.63, 3.8) is 0 Å². The second-order valence-corrected chi connectivity index (χ2v) is 2.70. The molecule has 1 rings (SSSR count). The highest BCUT2D eigenvalue weighted by Gasteiger charge is 2.20. The van der Waals surface area contributed by atoms with Gasteiger partial charge in [-0.3, -0.25) is 0 Å². The van der Waals surface area contributed by atoms with Crippen molar-refractivity contribution in [3.8, 4) is 6.07 Å². The summed E-state index contributed by atoms with van der Waals surface area (Å²) in [7, 11) is 0.